The number of nitriles is 1. The van der Waals surface area contributed by atoms with Gasteiger partial charge in [-0.05, 0) is 19.1 Å². The molecule has 0 fully saturated rings. The lowest BCUT2D eigenvalue weighted by Gasteiger charge is -1.83. The maximum absolute atomic E-state index is 8.69. The van der Waals surface area contributed by atoms with E-state index in [2.05, 4.69) is 6.07 Å². The van der Waals surface area contributed by atoms with E-state index in [1.54, 1.807) is 12.1 Å². The highest BCUT2D eigenvalue weighted by molar-refractivity contribution is 5.26. The summed E-state index contributed by atoms with van der Waals surface area (Å²) in [7, 11) is 0. The van der Waals surface area contributed by atoms with Gasteiger partial charge in [0.1, 0.15) is 0 Å². The molecule has 0 amide bonds. The van der Waals surface area contributed by atoms with Crippen LogP contribution in [0.1, 0.15) is 11.1 Å². The van der Waals surface area contributed by atoms with Crippen molar-refractivity contribution in [1.29, 1.82) is 5.26 Å². The molecular weight excluding hydrogens is 158 g/mol. The van der Waals surface area contributed by atoms with E-state index in [-0.39, 0.29) is 0 Å². The van der Waals surface area contributed by atoms with Crippen LogP contribution in [-0.2, 0) is 0 Å². The molecule has 0 aliphatic rings. The molecule has 0 spiro atoms. The molecule has 1 heteroatoms. The van der Waals surface area contributed by atoms with Gasteiger partial charge >= 0.3 is 0 Å². The van der Waals surface area contributed by atoms with E-state index in [4.69, 9.17) is 5.26 Å². The predicted molar refractivity (Wildman–Crippen MR) is 53.5 cm³/mol. The Morgan fingerprint density at radius 2 is 1.54 bits per heavy atom. The molecular formula is C12H11N. The van der Waals surface area contributed by atoms with Crippen molar-refractivity contribution < 1.29 is 0 Å². The smallest absolute Gasteiger partial charge is 0.0991 e. The zero-order valence-electron chi connectivity index (χ0n) is 7.57. The molecule has 0 aliphatic heterocycles. The van der Waals surface area contributed by atoms with Crippen molar-refractivity contribution in [2.45, 2.75) is 6.92 Å². The Labute approximate surface area is 78.6 Å². The van der Waals surface area contributed by atoms with Crippen LogP contribution in [-0.4, -0.2) is 0 Å². The van der Waals surface area contributed by atoms with Crippen molar-refractivity contribution in [1.82, 2.24) is 0 Å². The first-order valence-electron chi connectivity index (χ1n) is 4.13. The largest absolute Gasteiger partial charge is 0.192 e. The fourth-order valence-electron chi connectivity index (χ4n) is 0.920. The van der Waals surface area contributed by atoms with Crippen LogP contribution in [0.25, 0.3) is 0 Å². The minimum Gasteiger partial charge on any atom is -0.192 e. The Morgan fingerprint density at radius 1 is 0.923 bits per heavy atom. The summed E-state index contributed by atoms with van der Waals surface area (Å²) in [6.45, 7) is 2.02. The van der Waals surface area contributed by atoms with E-state index in [9.17, 15) is 0 Å². The maximum Gasteiger partial charge on any atom is 0.0991 e. The second kappa shape index (κ2) is 4.95. The Kier molecular flexibility index (Phi) is 3.53. The van der Waals surface area contributed by atoms with Crippen molar-refractivity contribution >= 4 is 0 Å². The number of nitrogens with zero attached hydrogens (tertiary/aromatic N) is 1. The minimum absolute atomic E-state index is 0.663. The summed E-state index contributed by atoms with van der Waals surface area (Å²) in [5.41, 5.74) is 1.83. The average Bonchev–Trinajstić information content (AvgIpc) is 2.15. The lowest BCUT2D eigenvalue weighted by Crippen LogP contribution is -1.66. The van der Waals surface area contributed by atoms with Crippen molar-refractivity contribution in [3.05, 3.63) is 59.7 Å². The van der Waals surface area contributed by atoms with Gasteiger partial charge in [-0.1, -0.05) is 42.0 Å². The highest BCUT2D eigenvalue weighted by Gasteiger charge is 1.79. The Bertz CT molecular complexity index is 373. The normalized spacial score (nSPS) is 8.31. The van der Waals surface area contributed by atoms with E-state index in [1.807, 2.05) is 43.3 Å². The first kappa shape index (κ1) is 9.28. The summed E-state index contributed by atoms with van der Waals surface area (Å²) in [6.07, 6.45) is 0. The molecule has 0 aliphatic carbocycles. The number of hydrogen-bond donors (Lipinski definition) is 0. The monoisotopic (exact) mass is 169 g/mol. The summed E-state index contributed by atoms with van der Waals surface area (Å²) >= 11 is 0. The van der Waals surface area contributed by atoms with Gasteiger partial charge in [0.15, 0.2) is 0 Å². The van der Waals surface area contributed by atoms with Crippen LogP contribution in [0.15, 0.2) is 48.5 Å². The standard InChI is InChI=1S/C12H11N/c1-11-6-3-2-4-8-12(10-13)9-5-7-11/h2-9H,1H3. The Hall–Kier alpha value is -1.81. The zero-order valence-corrected chi connectivity index (χ0v) is 7.57. The minimum atomic E-state index is 0.663. The molecule has 0 saturated carbocycles. The van der Waals surface area contributed by atoms with Crippen LogP contribution >= 0.6 is 0 Å². The second-order valence-electron chi connectivity index (χ2n) is 2.75. The van der Waals surface area contributed by atoms with E-state index in [1.165, 1.54) is 5.56 Å². The van der Waals surface area contributed by atoms with Crippen molar-refractivity contribution in [3.63, 3.8) is 0 Å². The van der Waals surface area contributed by atoms with Gasteiger partial charge in [-0.15, -0.1) is 0 Å². The van der Waals surface area contributed by atoms with E-state index in [0.29, 0.717) is 5.56 Å². The van der Waals surface area contributed by atoms with Gasteiger partial charge in [-0.25, -0.2) is 0 Å². The Balaban J connectivity index is 3.26. The molecule has 13 heavy (non-hydrogen) atoms. The first-order valence-corrected chi connectivity index (χ1v) is 4.13. The summed E-state index contributed by atoms with van der Waals surface area (Å²) in [5, 5.41) is 8.69. The van der Waals surface area contributed by atoms with Crippen LogP contribution in [0.2, 0.25) is 0 Å². The van der Waals surface area contributed by atoms with Gasteiger partial charge in [-0.2, -0.15) is 5.26 Å². The highest BCUT2D eigenvalue weighted by atomic mass is 14.2. The second-order valence-corrected chi connectivity index (χ2v) is 2.75. The molecule has 0 aromatic heterocycles. The van der Waals surface area contributed by atoms with Crippen LogP contribution in [0.5, 0.6) is 0 Å². The molecule has 0 saturated heterocycles. The molecule has 1 aromatic carbocycles. The SMILES string of the molecule is Cc1cccccc(C#N)ccc1. The summed E-state index contributed by atoms with van der Waals surface area (Å²) < 4.78 is 0. The number of aryl methyl sites for hydroxylation is 1. The lowest BCUT2D eigenvalue weighted by atomic mass is 10.2. The zero-order chi connectivity index (χ0) is 9.52. The fraction of sp³-hybridized carbons (Fsp3) is 0.0833. The van der Waals surface area contributed by atoms with Gasteiger partial charge in [0.05, 0.1) is 11.6 Å². The van der Waals surface area contributed by atoms with Gasteiger partial charge in [0.25, 0.3) is 0 Å². The van der Waals surface area contributed by atoms with Crippen LogP contribution in [0.3, 0.4) is 0 Å². The van der Waals surface area contributed by atoms with Crippen molar-refractivity contribution in [2.75, 3.05) is 0 Å². The average molecular weight is 169 g/mol. The van der Waals surface area contributed by atoms with Gasteiger partial charge < -0.3 is 0 Å². The molecule has 1 nitrogen and oxygen atoms in total. The Morgan fingerprint density at radius 3 is 2.31 bits per heavy atom. The third kappa shape index (κ3) is 3.39. The van der Waals surface area contributed by atoms with Crippen molar-refractivity contribution in [2.24, 2.45) is 0 Å². The lowest BCUT2D eigenvalue weighted by molar-refractivity contribution is 1.47. The molecule has 64 valence electrons. The predicted octanol–water partition coefficient (Wildman–Crippen LogP) is 2.99. The van der Waals surface area contributed by atoms with Crippen LogP contribution in [0.4, 0.5) is 0 Å². The van der Waals surface area contributed by atoms with E-state index >= 15 is 0 Å². The molecule has 0 N–H and O–H groups in total. The highest BCUT2D eigenvalue weighted by Crippen LogP contribution is 1.94. The topological polar surface area (TPSA) is 23.8 Å². The van der Waals surface area contributed by atoms with E-state index < -0.39 is 0 Å². The van der Waals surface area contributed by atoms with Crippen LogP contribution in [0, 0.1) is 18.3 Å². The van der Waals surface area contributed by atoms with Crippen LogP contribution < -0.4 is 0 Å². The summed E-state index contributed by atoms with van der Waals surface area (Å²) in [5.74, 6) is 0. The molecule has 1 rings (SSSR count). The third-order valence-corrected chi connectivity index (χ3v) is 1.62. The number of hydrogen-bond acceptors (Lipinski definition) is 1. The third-order valence-electron chi connectivity index (χ3n) is 1.62. The summed E-state index contributed by atoms with van der Waals surface area (Å²) in [6, 6.07) is 17.3. The fourth-order valence-corrected chi connectivity index (χ4v) is 0.920. The van der Waals surface area contributed by atoms with E-state index in [0.717, 1.165) is 0 Å². The molecule has 0 unspecified atom stereocenters. The molecule has 0 heterocycles. The first-order chi connectivity index (χ1) is 6.33. The van der Waals surface area contributed by atoms with Gasteiger partial charge in [-0.3, -0.25) is 0 Å². The molecule has 1 aromatic rings. The molecule has 0 radical (unpaired) electrons. The summed E-state index contributed by atoms with van der Waals surface area (Å²) in [4.78, 5) is 0. The molecule has 0 bridgehead atoms. The molecule has 0 atom stereocenters. The van der Waals surface area contributed by atoms with Crippen molar-refractivity contribution in [3.8, 4) is 6.07 Å². The maximum atomic E-state index is 8.69. The van der Waals surface area contributed by atoms with Gasteiger partial charge in [0, 0.05) is 0 Å². The quantitative estimate of drug-likeness (QED) is 0.585. The van der Waals surface area contributed by atoms with Gasteiger partial charge in [0.2, 0.25) is 0 Å². The number of rotatable bonds is 0.